The molecule has 7 heteroatoms. The Bertz CT molecular complexity index is 992. The summed E-state index contributed by atoms with van der Waals surface area (Å²) in [7, 11) is 0. The standard InChI is InChI=1S/C20H22N4O3/c1-20(2,3)19(26)27-13-24-12-15(11-22-24)23-18(25)9-8-14-10-21-17-7-5-4-6-16(14)17/h4-12,21H,13H2,1-3H3,(H,23,25)/b9-8+. The van der Waals surface area contributed by atoms with E-state index in [0.29, 0.717) is 5.69 Å². The van der Waals surface area contributed by atoms with Crippen molar-refractivity contribution in [2.75, 3.05) is 5.32 Å². The lowest BCUT2D eigenvalue weighted by molar-refractivity contribution is -0.157. The van der Waals surface area contributed by atoms with E-state index in [1.807, 2.05) is 30.5 Å². The summed E-state index contributed by atoms with van der Waals surface area (Å²) in [5, 5.41) is 7.85. The number of benzene rings is 1. The van der Waals surface area contributed by atoms with E-state index >= 15 is 0 Å². The van der Waals surface area contributed by atoms with Crippen molar-refractivity contribution in [3.63, 3.8) is 0 Å². The second-order valence-electron chi connectivity index (χ2n) is 7.19. The number of aromatic nitrogens is 3. The fourth-order valence-corrected chi connectivity index (χ4v) is 2.42. The van der Waals surface area contributed by atoms with Crippen molar-refractivity contribution >= 4 is 34.5 Å². The minimum Gasteiger partial charge on any atom is -0.442 e. The molecule has 0 fully saturated rings. The molecule has 0 spiro atoms. The lowest BCUT2D eigenvalue weighted by Gasteiger charge is -2.16. The van der Waals surface area contributed by atoms with Gasteiger partial charge in [-0.25, -0.2) is 4.68 Å². The highest BCUT2D eigenvalue weighted by Crippen LogP contribution is 2.19. The van der Waals surface area contributed by atoms with Gasteiger partial charge in [0.1, 0.15) is 0 Å². The molecule has 0 bridgehead atoms. The summed E-state index contributed by atoms with van der Waals surface area (Å²) in [6, 6.07) is 7.88. The molecule has 0 radical (unpaired) electrons. The van der Waals surface area contributed by atoms with E-state index in [0.717, 1.165) is 16.5 Å². The summed E-state index contributed by atoms with van der Waals surface area (Å²) in [6.07, 6.45) is 8.18. The number of hydrogen-bond donors (Lipinski definition) is 2. The van der Waals surface area contributed by atoms with Gasteiger partial charge in [-0.2, -0.15) is 5.10 Å². The number of carbonyl (C=O) groups is 2. The summed E-state index contributed by atoms with van der Waals surface area (Å²) in [6.45, 7) is 5.34. The molecule has 3 rings (SSSR count). The van der Waals surface area contributed by atoms with Crippen LogP contribution in [0.4, 0.5) is 5.69 Å². The van der Waals surface area contributed by atoms with E-state index in [1.165, 1.54) is 17.0 Å². The summed E-state index contributed by atoms with van der Waals surface area (Å²) in [5.41, 5.74) is 1.90. The third-order valence-corrected chi connectivity index (χ3v) is 3.88. The number of fused-ring (bicyclic) bond motifs is 1. The van der Waals surface area contributed by atoms with Gasteiger partial charge in [0.15, 0.2) is 6.73 Å². The van der Waals surface area contributed by atoms with Crippen molar-refractivity contribution in [3.8, 4) is 0 Å². The molecule has 0 atom stereocenters. The number of carbonyl (C=O) groups excluding carboxylic acids is 2. The Kier molecular flexibility index (Phi) is 5.12. The van der Waals surface area contributed by atoms with Crippen LogP contribution in [-0.2, 0) is 21.1 Å². The lowest BCUT2D eigenvalue weighted by atomic mass is 9.98. The topological polar surface area (TPSA) is 89.0 Å². The average molecular weight is 366 g/mol. The van der Waals surface area contributed by atoms with E-state index < -0.39 is 5.41 Å². The second kappa shape index (κ2) is 7.49. The summed E-state index contributed by atoms with van der Waals surface area (Å²) < 4.78 is 6.63. The summed E-state index contributed by atoms with van der Waals surface area (Å²) in [5.74, 6) is -0.586. The Labute approximate surface area is 157 Å². The number of anilines is 1. The van der Waals surface area contributed by atoms with Crippen LogP contribution in [0.15, 0.2) is 48.9 Å². The Morgan fingerprint density at radius 2 is 2.07 bits per heavy atom. The molecule has 1 amide bonds. The van der Waals surface area contributed by atoms with Crippen LogP contribution in [-0.4, -0.2) is 26.6 Å². The second-order valence-corrected chi connectivity index (χ2v) is 7.19. The monoisotopic (exact) mass is 366 g/mol. The van der Waals surface area contributed by atoms with Crippen LogP contribution >= 0.6 is 0 Å². The van der Waals surface area contributed by atoms with Crippen LogP contribution in [0.2, 0.25) is 0 Å². The minimum absolute atomic E-state index is 0.00282. The zero-order chi connectivity index (χ0) is 19.4. The third kappa shape index (κ3) is 4.63. The first-order valence-electron chi connectivity index (χ1n) is 8.58. The van der Waals surface area contributed by atoms with Gasteiger partial charge in [-0.1, -0.05) is 18.2 Å². The zero-order valence-electron chi connectivity index (χ0n) is 15.5. The lowest BCUT2D eigenvalue weighted by Crippen LogP contribution is -2.24. The first kappa shape index (κ1) is 18.4. The maximum Gasteiger partial charge on any atom is 0.313 e. The van der Waals surface area contributed by atoms with Gasteiger partial charge in [-0.15, -0.1) is 0 Å². The van der Waals surface area contributed by atoms with Crippen LogP contribution < -0.4 is 5.32 Å². The summed E-state index contributed by atoms with van der Waals surface area (Å²) >= 11 is 0. The van der Waals surface area contributed by atoms with Crippen LogP contribution in [0.1, 0.15) is 26.3 Å². The molecule has 0 unspecified atom stereocenters. The molecular formula is C20H22N4O3. The molecule has 0 aliphatic rings. The molecule has 2 heterocycles. The van der Waals surface area contributed by atoms with Gasteiger partial charge in [0, 0.05) is 23.2 Å². The molecule has 2 aromatic heterocycles. The molecule has 27 heavy (non-hydrogen) atoms. The van der Waals surface area contributed by atoms with Crippen LogP contribution in [0.3, 0.4) is 0 Å². The number of H-pyrrole nitrogens is 1. The number of nitrogens with zero attached hydrogens (tertiary/aromatic N) is 2. The third-order valence-electron chi connectivity index (χ3n) is 3.88. The fraction of sp³-hybridized carbons (Fsp3) is 0.250. The maximum absolute atomic E-state index is 12.1. The first-order valence-corrected chi connectivity index (χ1v) is 8.58. The van der Waals surface area contributed by atoms with Gasteiger partial charge < -0.3 is 15.0 Å². The Morgan fingerprint density at radius 3 is 2.85 bits per heavy atom. The van der Waals surface area contributed by atoms with E-state index in [4.69, 9.17) is 4.74 Å². The highest BCUT2D eigenvalue weighted by Gasteiger charge is 2.23. The number of hydrogen-bond acceptors (Lipinski definition) is 4. The number of aromatic amines is 1. The molecule has 0 aliphatic heterocycles. The molecule has 1 aromatic carbocycles. The molecule has 0 saturated carbocycles. The van der Waals surface area contributed by atoms with E-state index in [-0.39, 0.29) is 18.6 Å². The van der Waals surface area contributed by atoms with Gasteiger partial charge in [0.25, 0.3) is 0 Å². The molecule has 3 aromatic rings. The van der Waals surface area contributed by atoms with Crippen LogP contribution in [0, 0.1) is 5.41 Å². The van der Waals surface area contributed by atoms with Crippen LogP contribution in [0.25, 0.3) is 17.0 Å². The maximum atomic E-state index is 12.1. The van der Waals surface area contributed by atoms with Crippen molar-refractivity contribution in [1.29, 1.82) is 0 Å². The highest BCUT2D eigenvalue weighted by atomic mass is 16.5. The normalized spacial score (nSPS) is 11.8. The molecule has 0 saturated heterocycles. The highest BCUT2D eigenvalue weighted by molar-refractivity contribution is 6.03. The van der Waals surface area contributed by atoms with Crippen molar-refractivity contribution in [1.82, 2.24) is 14.8 Å². The largest absolute Gasteiger partial charge is 0.442 e. The van der Waals surface area contributed by atoms with Gasteiger partial charge in [-0.3, -0.25) is 9.59 Å². The minimum atomic E-state index is -0.572. The predicted octanol–water partition coefficient (Wildman–Crippen LogP) is 3.56. The van der Waals surface area contributed by atoms with E-state index in [1.54, 1.807) is 33.0 Å². The first-order chi connectivity index (χ1) is 12.8. The van der Waals surface area contributed by atoms with Crippen molar-refractivity contribution in [2.45, 2.75) is 27.5 Å². The molecule has 7 nitrogen and oxygen atoms in total. The van der Waals surface area contributed by atoms with Gasteiger partial charge >= 0.3 is 5.97 Å². The number of esters is 1. The smallest absolute Gasteiger partial charge is 0.313 e. The fourth-order valence-electron chi connectivity index (χ4n) is 2.42. The van der Waals surface area contributed by atoms with E-state index in [9.17, 15) is 9.59 Å². The molecule has 0 aliphatic carbocycles. The predicted molar refractivity (Wildman–Crippen MR) is 104 cm³/mol. The quantitative estimate of drug-likeness (QED) is 0.534. The Morgan fingerprint density at radius 1 is 1.30 bits per heavy atom. The Balaban J connectivity index is 1.57. The zero-order valence-corrected chi connectivity index (χ0v) is 15.5. The number of ether oxygens (including phenoxy) is 1. The number of rotatable bonds is 5. The number of amides is 1. The molecule has 2 N–H and O–H groups in total. The summed E-state index contributed by atoms with van der Waals surface area (Å²) in [4.78, 5) is 27.0. The number of para-hydroxylation sites is 1. The molecular weight excluding hydrogens is 344 g/mol. The van der Waals surface area contributed by atoms with Gasteiger partial charge in [0.2, 0.25) is 5.91 Å². The van der Waals surface area contributed by atoms with Crippen molar-refractivity contribution < 1.29 is 14.3 Å². The van der Waals surface area contributed by atoms with Crippen molar-refractivity contribution in [3.05, 3.63) is 54.5 Å². The number of nitrogens with one attached hydrogen (secondary N) is 2. The van der Waals surface area contributed by atoms with E-state index in [2.05, 4.69) is 15.4 Å². The van der Waals surface area contributed by atoms with Gasteiger partial charge in [-0.05, 0) is 38.5 Å². The molecule has 140 valence electrons. The average Bonchev–Trinajstić information content (AvgIpc) is 3.23. The Hall–Kier alpha value is -3.35. The van der Waals surface area contributed by atoms with Gasteiger partial charge in [0.05, 0.1) is 23.5 Å². The SMILES string of the molecule is CC(C)(C)C(=O)OCn1cc(NC(=O)/C=C/c2c[nH]c3ccccc23)cn1. The van der Waals surface area contributed by atoms with Crippen LogP contribution in [0.5, 0.6) is 0 Å². The van der Waals surface area contributed by atoms with Crippen molar-refractivity contribution in [2.24, 2.45) is 5.41 Å².